The molecule has 77 heavy (non-hydrogen) atoms. The molecule has 0 fully saturated rings. The zero-order valence-electron chi connectivity index (χ0n) is 48.9. The van der Waals surface area contributed by atoms with Crippen molar-refractivity contribution in [1.82, 2.24) is 0 Å². The minimum absolute atomic E-state index is 0.0442. The van der Waals surface area contributed by atoms with Crippen LogP contribution in [-0.4, -0.2) is 49.3 Å². The van der Waals surface area contributed by atoms with Crippen LogP contribution >= 0.6 is 7.82 Å². The van der Waals surface area contributed by atoms with Crippen LogP contribution in [0.25, 0.3) is 0 Å². The van der Waals surface area contributed by atoms with Crippen molar-refractivity contribution in [3.8, 4) is 0 Å². The lowest BCUT2D eigenvalue weighted by molar-refractivity contribution is -0.161. The molecule has 0 aromatic carbocycles. The first-order chi connectivity index (χ1) is 37.8. The fraction of sp³-hybridized carbons (Fsp3) is 0.642. The van der Waals surface area contributed by atoms with Gasteiger partial charge in [0.2, 0.25) is 0 Å². The fourth-order valence-electron chi connectivity index (χ4n) is 8.01. The van der Waals surface area contributed by atoms with Crippen LogP contribution in [0, 0.1) is 0 Å². The van der Waals surface area contributed by atoms with Gasteiger partial charge in [0.15, 0.2) is 6.10 Å². The van der Waals surface area contributed by atoms with Crippen molar-refractivity contribution in [2.45, 2.75) is 251 Å². The molecule has 0 aliphatic rings. The summed E-state index contributed by atoms with van der Waals surface area (Å²) in [5.74, 6) is -0.851. The van der Waals surface area contributed by atoms with Crippen molar-refractivity contribution < 1.29 is 37.6 Å². The van der Waals surface area contributed by atoms with Gasteiger partial charge in [-0.05, 0) is 116 Å². The highest BCUT2D eigenvalue weighted by molar-refractivity contribution is 7.47. The third-order valence-electron chi connectivity index (χ3n) is 12.5. The van der Waals surface area contributed by atoms with Gasteiger partial charge in [0.05, 0.1) is 13.2 Å². The number of nitrogens with two attached hydrogens (primary N) is 1. The van der Waals surface area contributed by atoms with E-state index in [9.17, 15) is 19.0 Å². The Morgan fingerprint density at radius 1 is 0.403 bits per heavy atom. The van der Waals surface area contributed by atoms with E-state index in [1.807, 2.05) is 0 Å². The highest BCUT2D eigenvalue weighted by atomic mass is 31.2. The molecule has 2 atom stereocenters. The normalized spacial score (nSPS) is 14.0. The number of rotatable bonds is 56. The number of hydrogen-bond donors (Lipinski definition) is 2. The van der Waals surface area contributed by atoms with Gasteiger partial charge >= 0.3 is 19.8 Å². The maximum atomic E-state index is 12.7. The number of unbranched alkanes of at least 4 members (excludes halogenated alkanes) is 21. The first kappa shape index (κ1) is 73.2. The minimum atomic E-state index is -4.40. The molecule has 0 saturated carbocycles. The topological polar surface area (TPSA) is 134 Å². The molecule has 0 bridgehead atoms. The molecular weight excluding hydrogens is 978 g/mol. The molecule has 0 rings (SSSR count). The van der Waals surface area contributed by atoms with E-state index in [-0.39, 0.29) is 32.6 Å². The molecule has 0 amide bonds. The van der Waals surface area contributed by atoms with Crippen LogP contribution in [0.2, 0.25) is 0 Å². The van der Waals surface area contributed by atoms with Crippen molar-refractivity contribution >= 4 is 19.8 Å². The van der Waals surface area contributed by atoms with E-state index >= 15 is 0 Å². The summed E-state index contributed by atoms with van der Waals surface area (Å²) in [7, 11) is -4.40. The van der Waals surface area contributed by atoms with Crippen molar-refractivity contribution in [2.24, 2.45) is 5.73 Å². The number of esters is 2. The summed E-state index contributed by atoms with van der Waals surface area (Å²) in [5.41, 5.74) is 5.38. The zero-order valence-corrected chi connectivity index (χ0v) is 49.8. The van der Waals surface area contributed by atoms with E-state index in [1.165, 1.54) is 83.5 Å². The summed E-state index contributed by atoms with van der Waals surface area (Å²) in [6.07, 6.45) is 86.5. The summed E-state index contributed by atoms with van der Waals surface area (Å²) in [5, 5.41) is 0. The summed E-state index contributed by atoms with van der Waals surface area (Å²) in [6.45, 7) is 3.60. The van der Waals surface area contributed by atoms with Crippen LogP contribution in [0.5, 0.6) is 0 Å². The lowest BCUT2D eigenvalue weighted by Crippen LogP contribution is -2.29. The molecule has 0 radical (unpaired) electrons. The highest BCUT2D eigenvalue weighted by Gasteiger charge is 2.26. The molecule has 2 unspecified atom stereocenters. The van der Waals surface area contributed by atoms with Crippen LogP contribution in [0.3, 0.4) is 0 Å². The van der Waals surface area contributed by atoms with Gasteiger partial charge in [0.1, 0.15) is 6.61 Å². The molecule has 0 spiro atoms. The number of phosphoric acid groups is 1. The highest BCUT2D eigenvalue weighted by Crippen LogP contribution is 2.43. The van der Waals surface area contributed by atoms with Gasteiger partial charge in [-0.3, -0.25) is 18.6 Å². The van der Waals surface area contributed by atoms with Crippen molar-refractivity contribution in [1.29, 1.82) is 0 Å². The smallest absolute Gasteiger partial charge is 0.462 e. The Bertz CT molecular complexity index is 1720. The molecule has 0 saturated heterocycles. The molecule has 0 aliphatic carbocycles. The van der Waals surface area contributed by atoms with Gasteiger partial charge in [0, 0.05) is 19.4 Å². The third kappa shape index (κ3) is 61.2. The molecule has 438 valence electrons. The molecule has 0 aromatic rings. The van der Waals surface area contributed by atoms with Crippen LogP contribution in [-0.2, 0) is 32.7 Å². The molecule has 9 nitrogen and oxygen atoms in total. The SMILES string of the molecule is CC/C=C\C/C=C\C/C=C\C/C=C\C/C=C\C/C=C\C/C=C\C/C=C\C/C=C\CCCCCCCCCC(=O)OC(COC(=O)CCCCCCCCCCC/C=C\C/C=C\CCCCCCC)COP(=O)(O)OCCN. The predicted octanol–water partition coefficient (Wildman–Crippen LogP) is 19.7. The fourth-order valence-corrected chi connectivity index (χ4v) is 8.78. The summed E-state index contributed by atoms with van der Waals surface area (Å²) in [6, 6.07) is 0. The van der Waals surface area contributed by atoms with Gasteiger partial charge in [-0.2, -0.15) is 0 Å². The first-order valence-electron chi connectivity index (χ1n) is 30.7. The lowest BCUT2D eigenvalue weighted by Gasteiger charge is -2.19. The second kappa shape index (κ2) is 61.4. The third-order valence-corrected chi connectivity index (χ3v) is 13.5. The number of allylic oxidation sites excluding steroid dienone is 22. The Kier molecular flexibility index (Phi) is 58.3. The number of phosphoric ester groups is 1. The van der Waals surface area contributed by atoms with Crippen LogP contribution in [0.4, 0.5) is 0 Å². The summed E-state index contributed by atoms with van der Waals surface area (Å²) in [4.78, 5) is 35.2. The van der Waals surface area contributed by atoms with Gasteiger partial charge in [-0.25, -0.2) is 4.57 Å². The van der Waals surface area contributed by atoms with Gasteiger partial charge in [-0.1, -0.05) is 250 Å². The quantitative estimate of drug-likeness (QED) is 0.0264. The first-order valence-corrected chi connectivity index (χ1v) is 32.2. The summed E-state index contributed by atoms with van der Waals surface area (Å²) >= 11 is 0. The Hall–Kier alpha value is -3.85. The van der Waals surface area contributed by atoms with E-state index in [0.29, 0.717) is 6.42 Å². The Balaban J connectivity index is 4.04. The second-order valence-electron chi connectivity index (χ2n) is 19.8. The number of ether oxygens (including phenoxy) is 2. The Labute approximate surface area is 472 Å². The van der Waals surface area contributed by atoms with E-state index < -0.39 is 32.5 Å². The second-order valence-corrected chi connectivity index (χ2v) is 21.3. The summed E-state index contributed by atoms with van der Waals surface area (Å²) < 4.78 is 33.1. The molecule has 10 heteroatoms. The standard InChI is InChI=1S/C67H112NO8P/c1-3-5-7-9-11-13-15-17-19-21-23-25-26-27-28-29-30-31-32-33-34-35-36-37-38-40-42-44-46-48-50-52-54-56-58-60-67(70)76-65(64-75-77(71,72)74-62-61-68)63-73-66(69)59-57-55-53-51-49-47-45-43-41-39-24-22-20-18-16-14-12-10-8-6-4-2/h5,7,11,13,16-19,22-25,27-28,30-31,33-34,36-37,40,42,65H,3-4,6,8-10,12,14-15,20-21,26,29,32,35,38-39,41,43-64,68H2,1-2H3,(H,71,72)/b7-5-,13-11-,18-16-,19-17-,24-22-,25-23-,28-27-,31-30-,34-33-,37-36-,42-40-. The van der Waals surface area contributed by atoms with Gasteiger partial charge in [-0.15, -0.1) is 0 Å². The molecule has 3 N–H and O–H groups in total. The lowest BCUT2D eigenvalue weighted by atomic mass is 10.1. The number of carbonyl (C=O) groups is 2. The van der Waals surface area contributed by atoms with E-state index in [0.717, 1.165) is 128 Å². The average molecular weight is 1090 g/mol. The largest absolute Gasteiger partial charge is 0.472 e. The Morgan fingerprint density at radius 2 is 0.714 bits per heavy atom. The molecule has 0 aliphatic heterocycles. The maximum Gasteiger partial charge on any atom is 0.472 e. The van der Waals surface area contributed by atoms with Crippen LogP contribution < -0.4 is 5.73 Å². The van der Waals surface area contributed by atoms with Crippen LogP contribution in [0.15, 0.2) is 134 Å². The zero-order chi connectivity index (χ0) is 55.9. The number of hydrogen-bond acceptors (Lipinski definition) is 8. The van der Waals surface area contributed by atoms with Crippen molar-refractivity contribution in [3.05, 3.63) is 134 Å². The molecule has 0 heterocycles. The maximum absolute atomic E-state index is 12.7. The van der Waals surface area contributed by atoms with E-state index in [2.05, 4.69) is 148 Å². The predicted molar refractivity (Wildman–Crippen MR) is 330 cm³/mol. The minimum Gasteiger partial charge on any atom is -0.462 e. The van der Waals surface area contributed by atoms with Crippen molar-refractivity contribution in [2.75, 3.05) is 26.4 Å². The van der Waals surface area contributed by atoms with Gasteiger partial charge < -0.3 is 20.1 Å². The molecule has 0 aromatic heterocycles. The Morgan fingerprint density at radius 3 is 1.06 bits per heavy atom. The van der Waals surface area contributed by atoms with Gasteiger partial charge in [0.25, 0.3) is 0 Å². The van der Waals surface area contributed by atoms with E-state index in [1.54, 1.807) is 0 Å². The monoisotopic (exact) mass is 1090 g/mol. The van der Waals surface area contributed by atoms with Crippen LogP contribution in [0.1, 0.15) is 245 Å². The average Bonchev–Trinajstić information content (AvgIpc) is 3.42. The number of carbonyl (C=O) groups excluding carboxylic acids is 2. The van der Waals surface area contributed by atoms with Crippen molar-refractivity contribution in [3.63, 3.8) is 0 Å². The molecular formula is C67H112NO8P. The van der Waals surface area contributed by atoms with E-state index in [4.69, 9.17) is 24.3 Å².